The maximum absolute atomic E-state index is 13.8. The quantitative estimate of drug-likeness (QED) is 0.246. The molecule has 178 valence electrons. The van der Waals surface area contributed by atoms with Gasteiger partial charge in [0.2, 0.25) is 0 Å². The van der Waals surface area contributed by atoms with E-state index in [1.807, 2.05) is 0 Å². The lowest BCUT2D eigenvalue weighted by Gasteiger charge is -2.45. The predicted octanol–water partition coefficient (Wildman–Crippen LogP) is 2.64. The van der Waals surface area contributed by atoms with E-state index in [0.29, 0.717) is 19.8 Å². The van der Waals surface area contributed by atoms with E-state index in [-0.39, 0.29) is 30.8 Å². The van der Waals surface area contributed by atoms with E-state index >= 15 is 0 Å². The normalized spacial score (nSPS) is 30.5. The lowest BCUT2D eigenvalue weighted by molar-refractivity contribution is -0.271. The molecule has 2 heterocycles. The smallest absolute Gasteiger partial charge is 0.439 e. The zero-order chi connectivity index (χ0) is 23.9. The highest BCUT2D eigenvalue weighted by Gasteiger charge is 2.65. The second kappa shape index (κ2) is 8.40. The molecule has 0 aromatic carbocycles. The second-order valence-corrected chi connectivity index (χ2v) is 8.96. The first-order valence-corrected chi connectivity index (χ1v) is 10.3. The lowest BCUT2D eigenvalue weighted by Crippen LogP contribution is -2.57. The Bertz CT molecular complexity index is 837. The number of esters is 4. The molecule has 0 amide bonds. The lowest BCUT2D eigenvalue weighted by atomic mass is 9.59. The van der Waals surface area contributed by atoms with Crippen molar-refractivity contribution in [2.75, 3.05) is 13.2 Å². The van der Waals surface area contributed by atoms with Crippen molar-refractivity contribution < 1.29 is 51.3 Å². The maximum Gasteiger partial charge on any atom is 0.439 e. The van der Waals surface area contributed by atoms with Crippen molar-refractivity contribution in [1.29, 1.82) is 0 Å². The molecule has 2 saturated heterocycles. The van der Waals surface area contributed by atoms with Crippen LogP contribution in [0.1, 0.15) is 46.0 Å². The molecule has 4 rings (SSSR count). The molecule has 0 spiro atoms. The van der Waals surface area contributed by atoms with Crippen molar-refractivity contribution in [3.05, 3.63) is 12.2 Å². The van der Waals surface area contributed by atoms with Crippen molar-refractivity contribution in [1.82, 2.24) is 0 Å². The molecule has 11 heteroatoms. The van der Waals surface area contributed by atoms with Gasteiger partial charge in [0.05, 0.1) is 11.3 Å². The summed E-state index contributed by atoms with van der Waals surface area (Å²) in [5.41, 5.74) is -4.82. The summed E-state index contributed by atoms with van der Waals surface area (Å²) in [5.74, 6) is -4.89. The summed E-state index contributed by atoms with van der Waals surface area (Å²) in [4.78, 5) is 48.8. The molecule has 8 nitrogen and oxygen atoms in total. The van der Waals surface area contributed by atoms with E-state index in [0.717, 1.165) is 0 Å². The average Bonchev–Trinajstić information content (AvgIpc) is 2.84. The molecule has 0 aromatic heterocycles. The van der Waals surface area contributed by atoms with Crippen molar-refractivity contribution in [3.8, 4) is 0 Å². The van der Waals surface area contributed by atoms with Crippen molar-refractivity contribution in [3.63, 3.8) is 0 Å². The van der Waals surface area contributed by atoms with Gasteiger partial charge in [-0.05, 0) is 45.4 Å². The SMILES string of the molecule is C=C(C)C(=O)OCCOC(=O)C(C)(OC(=O)C12CC3CC(C1)OC(=O)C(C3)C2)C(F)(F)F. The fourth-order valence-corrected chi connectivity index (χ4v) is 4.73. The minimum Gasteiger partial charge on any atom is -0.462 e. The van der Waals surface area contributed by atoms with Crippen molar-refractivity contribution >= 4 is 23.9 Å². The van der Waals surface area contributed by atoms with Crippen LogP contribution in [-0.2, 0) is 38.1 Å². The van der Waals surface area contributed by atoms with Gasteiger partial charge in [0.15, 0.2) is 0 Å². The Morgan fingerprint density at radius 1 is 1.12 bits per heavy atom. The van der Waals surface area contributed by atoms with E-state index in [1.165, 1.54) is 6.92 Å². The summed E-state index contributed by atoms with van der Waals surface area (Å²) in [7, 11) is 0. The third-order valence-electron chi connectivity index (χ3n) is 6.32. The molecule has 0 N–H and O–H groups in total. The molecule has 5 unspecified atom stereocenters. The number of rotatable bonds is 7. The van der Waals surface area contributed by atoms with E-state index < -0.39 is 66.3 Å². The third-order valence-corrected chi connectivity index (χ3v) is 6.32. The van der Waals surface area contributed by atoms with Crippen LogP contribution in [-0.4, -0.2) is 55.0 Å². The summed E-state index contributed by atoms with van der Waals surface area (Å²) in [6.07, 6.45) is -4.39. The zero-order valence-electron chi connectivity index (χ0n) is 17.8. The van der Waals surface area contributed by atoms with Crippen LogP contribution in [0.3, 0.4) is 0 Å². The molecule has 2 saturated carbocycles. The predicted molar refractivity (Wildman–Crippen MR) is 99.7 cm³/mol. The molecule has 2 aliphatic carbocycles. The molecule has 4 aliphatic rings. The van der Waals surface area contributed by atoms with Crippen LogP contribution in [0, 0.1) is 17.3 Å². The maximum atomic E-state index is 13.8. The van der Waals surface area contributed by atoms with Gasteiger partial charge in [0.25, 0.3) is 5.60 Å². The number of fused-ring (bicyclic) bond motifs is 1. The Kier molecular flexibility index (Phi) is 6.32. The van der Waals surface area contributed by atoms with Crippen LogP contribution in [0.4, 0.5) is 13.2 Å². The Balaban J connectivity index is 1.72. The van der Waals surface area contributed by atoms with E-state index in [1.54, 1.807) is 0 Å². The monoisotopic (exact) mass is 462 g/mol. The number of alkyl halides is 3. The molecule has 0 radical (unpaired) electrons. The number of carbonyl (C=O) groups is 4. The molecule has 2 aliphatic heterocycles. The van der Waals surface area contributed by atoms with Gasteiger partial charge in [-0.15, -0.1) is 0 Å². The first-order chi connectivity index (χ1) is 14.8. The molecule has 5 atom stereocenters. The Labute approximate surface area is 182 Å². The van der Waals surface area contributed by atoms with E-state index in [4.69, 9.17) is 9.47 Å². The van der Waals surface area contributed by atoms with Gasteiger partial charge in [-0.25, -0.2) is 9.59 Å². The van der Waals surface area contributed by atoms with Gasteiger partial charge in [0.1, 0.15) is 19.3 Å². The summed E-state index contributed by atoms with van der Waals surface area (Å²) in [6, 6.07) is 0. The first kappa shape index (κ1) is 24.1. The topological polar surface area (TPSA) is 105 Å². The molecule has 32 heavy (non-hydrogen) atoms. The van der Waals surface area contributed by atoms with Gasteiger partial charge in [0, 0.05) is 12.0 Å². The highest BCUT2D eigenvalue weighted by molar-refractivity contribution is 5.88. The van der Waals surface area contributed by atoms with E-state index in [2.05, 4.69) is 16.1 Å². The molecular weight excluding hydrogens is 437 g/mol. The van der Waals surface area contributed by atoms with Crippen LogP contribution >= 0.6 is 0 Å². The summed E-state index contributed by atoms with van der Waals surface area (Å²) < 4.78 is 60.9. The van der Waals surface area contributed by atoms with Crippen LogP contribution in [0.25, 0.3) is 0 Å². The van der Waals surface area contributed by atoms with Crippen LogP contribution in [0.2, 0.25) is 0 Å². The highest BCUT2D eigenvalue weighted by Crippen LogP contribution is 2.55. The van der Waals surface area contributed by atoms with Gasteiger partial charge in [-0.2, -0.15) is 13.2 Å². The Hall–Kier alpha value is -2.59. The Morgan fingerprint density at radius 3 is 2.41 bits per heavy atom. The number of hydrogen-bond donors (Lipinski definition) is 0. The third kappa shape index (κ3) is 4.47. The number of halogens is 3. The fourth-order valence-electron chi connectivity index (χ4n) is 4.73. The number of carbonyl (C=O) groups excluding carboxylic acids is 4. The largest absolute Gasteiger partial charge is 0.462 e. The minimum atomic E-state index is -5.27. The fraction of sp³-hybridized carbons (Fsp3) is 0.714. The first-order valence-electron chi connectivity index (χ1n) is 10.3. The van der Waals surface area contributed by atoms with Crippen LogP contribution in [0.15, 0.2) is 12.2 Å². The van der Waals surface area contributed by atoms with E-state index in [9.17, 15) is 32.3 Å². The molecule has 0 aromatic rings. The molecule has 4 bridgehead atoms. The van der Waals surface area contributed by atoms with Crippen LogP contribution in [0.5, 0.6) is 0 Å². The standard InChI is InChI=1S/C21H25F3O8/c1-11(2)15(25)29-4-5-30-17(27)19(3,21(22,23)24)32-18(28)20-8-12-6-13(9-20)16(26)31-14(7-12)10-20/h12-14H,1,4-10H2,2-3H3. The summed E-state index contributed by atoms with van der Waals surface area (Å²) >= 11 is 0. The van der Waals surface area contributed by atoms with Gasteiger partial charge >= 0.3 is 30.1 Å². The Morgan fingerprint density at radius 2 is 1.78 bits per heavy atom. The zero-order valence-corrected chi connectivity index (χ0v) is 17.8. The van der Waals surface area contributed by atoms with Gasteiger partial charge in [-0.1, -0.05) is 6.58 Å². The second-order valence-electron chi connectivity index (χ2n) is 8.96. The summed E-state index contributed by atoms with van der Waals surface area (Å²) in [5, 5.41) is 0. The molecule has 4 fully saturated rings. The average molecular weight is 462 g/mol. The van der Waals surface area contributed by atoms with Crippen molar-refractivity contribution in [2.45, 2.75) is 63.8 Å². The van der Waals surface area contributed by atoms with Gasteiger partial charge < -0.3 is 18.9 Å². The highest BCUT2D eigenvalue weighted by atomic mass is 19.4. The van der Waals surface area contributed by atoms with Gasteiger partial charge in [-0.3, -0.25) is 9.59 Å². The summed E-state index contributed by atoms with van der Waals surface area (Å²) in [6.45, 7) is 3.98. The van der Waals surface area contributed by atoms with Crippen LogP contribution < -0.4 is 0 Å². The molecular formula is C21H25F3O8. The number of hydrogen-bond acceptors (Lipinski definition) is 8. The number of ether oxygens (including phenoxy) is 4. The van der Waals surface area contributed by atoms with Crippen molar-refractivity contribution in [2.24, 2.45) is 17.3 Å². The minimum absolute atomic E-state index is 0.0253.